The topological polar surface area (TPSA) is 58.5 Å². The van der Waals surface area contributed by atoms with E-state index in [2.05, 4.69) is 20.8 Å². The molecule has 0 spiro atoms. The number of benzene rings is 2. The highest BCUT2D eigenvalue weighted by Crippen LogP contribution is 2.12. The van der Waals surface area contributed by atoms with Crippen LogP contribution >= 0.6 is 12.2 Å². The molecule has 0 aliphatic rings. The molecule has 2 aromatic carbocycles. The van der Waals surface area contributed by atoms with Crippen LogP contribution in [0.1, 0.15) is 18.2 Å². The summed E-state index contributed by atoms with van der Waals surface area (Å²) in [7, 11) is 0. The fourth-order valence-electron chi connectivity index (χ4n) is 2.40. The van der Waals surface area contributed by atoms with Crippen molar-refractivity contribution in [2.45, 2.75) is 13.5 Å². The molecule has 0 unspecified atom stereocenters. The first-order valence-electron chi connectivity index (χ1n) is 8.39. The molecule has 1 aromatic heterocycles. The number of para-hydroxylation sites is 1. The van der Waals surface area contributed by atoms with E-state index in [0.29, 0.717) is 18.3 Å². The van der Waals surface area contributed by atoms with Gasteiger partial charge in [0.2, 0.25) is 0 Å². The summed E-state index contributed by atoms with van der Waals surface area (Å²) >= 11 is 5.23. The maximum atomic E-state index is 5.42. The Labute approximate surface area is 158 Å². The lowest BCUT2D eigenvalue weighted by atomic mass is 10.2. The van der Waals surface area contributed by atoms with E-state index in [9.17, 15) is 0 Å². The van der Waals surface area contributed by atoms with Gasteiger partial charge in [-0.25, -0.2) is 4.98 Å². The molecule has 5 nitrogen and oxygen atoms in total. The van der Waals surface area contributed by atoms with Gasteiger partial charge in [-0.1, -0.05) is 36.4 Å². The molecule has 3 rings (SSSR count). The quantitative estimate of drug-likeness (QED) is 0.397. The predicted molar refractivity (Wildman–Crippen MR) is 110 cm³/mol. The van der Waals surface area contributed by atoms with Crippen molar-refractivity contribution in [3.63, 3.8) is 0 Å². The Balaban J connectivity index is 1.49. The van der Waals surface area contributed by atoms with Gasteiger partial charge in [0.15, 0.2) is 5.11 Å². The maximum Gasteiger partial charge on any atom is 0.187 e. The third-order valence-electron chi connectivity index (χ3n) is 3.67. The lowest BCUT2D eigenvalue weighted by Crippen LogP contribution is -2.31. The molecule has 0 bridgehead atoms. The van der Waals surface area contributed by atoms with Crippen LogP contribution in [0.5, 0.6) is 5.75 Å². The van der Waals surface area contributed by atoms with Gasteiger partial charge in [-0.2, -0.15) is 5.10 Å². The molecule has 2 N–H and O–H groups in total. The molecule has 0 saturated carbocycles. The molecule has 0 fully saturated rings. The molecular weight excluding hydrogens is 344 g/mol. The molecule has 1 heterocycles. The van der Waals surface area contributed by atoms with Crippen molar-refractivity contribution in [2.75, 3.05) is 6.61 Å². The smallest absolute Gasteiger partial charge is 0.187 e. The van der Waals surface area contributed by atoms with E-state index in [4.69, 9.17) is 17.0 Å². The number of nitrogens with zero attached hydrogens (tertiary/aromatic N) is 2. The van der Waals surface area contributed by atoms with Crippen LogP contribution in [-0.2, 0) is 6.54 Å². The largest absolute Gasteiger partial charge is 0.494 e. The van der Waals surface area contributed by atoms with Crippen LogP contribution in [0.3, 0.4) is 0 Å². The molecule has 132 valence electrons. The Morgan fingerprint density at radius 3 is 2.73 bits per heavy atom. The zero-order valence-electron chi connectivity index (χ0n) is 14.5. The molecule has 0 radical (unpaired) electrons. The minimum Gasteiger partial charge on any atom is -0.494 e. The molecule has 0 atom stereocenters. The molecule has 3 aromatic rings. The van der Waals surface area contributed by atoms with Crippen molar-refractivity contribution in [3.05, 3.63) is 71.9 Å². The lowest BCUT2D eigenvalue weighted by Gasteiger charge is -2.08. The first-order chi connectivity index (χ1) is 12.7. The Bertz CT molecular complexity index is 909. The Morgan fingerprint density at radius 2 is 1.92 bits per heavy atom. The summed E-state index contributed by atoms with van der Waals surface area (Å²) in [6.07, 6.45) is 1.65. The van der Waals surface area contributed by atoms with E-state index >= 15 is 0 Å². The fraction of sp³-hybridized carbons (Fsp3) is 0.150. The number of rotatable bonds is 6. The van der Waals surface area contributed by atoms with Gasteiger partial charge in [-0.05, 0) is 49.0 Å². The van der Waals surface area contributed by atoms with E-state index in [1.54, 1.807) is 6.21 Å². The van der Waals surface area contributed by atoms with Crippen LogP contribution in [-0.4, -0.2) is 22.9 Å². The van der Waals surface area contributed by atoms with Crippen LogP contribution < -0.4 is 15.5 Å². The van der Waals surface area contributed by atoms with Crippen LogP contribution in [0.15, 0.2) is 65.8 Å². The summed E-state index contributed by atoms with van der Waals surface area (Å²) < 4.78 is 5.42. The molecule has 0 aliphatic heterocycles. The van der Waals surface area contributed by atoms with E-state index < -0.39 is 0 Å². The van der Waals surface area contributed by atoms with Crippen molar-refractivity contribution in [1.29, 1.82) is 0 Å². The zero-order chi connectivity index (χ0) is 18.2. The van der Waals surface area contributed by atoms with Gasteiger partial charge >= 0.3 is 0 Å². The van der Waals surface area contributed by atoms with Gasteiger partial charge in [0.25, 0.3) is 0 Å². The average Bonchev–Trinajstić information content (AvgIpc) is 2.67. The normalized spacial score (nSPS) is 10.8. The predicted octanol–water partition coefficient (Wildman–Crippen LogP) is 3.63. The second-order valence-corrected chi connectivity index (χ2v) is 5.97. The maximum absolute atomic E-state index is 5.42. The van der Waals surface area contributed by atoms with Crippen LogP contribution in [0.25, 0.3) is 10.9 Å². The number of hydrazone groups is 1. The minimum atomic E-state index is 0.455. The van der Waals surface area contributed by atoms with E-state index in [-0.39, 0.29) is 0 Å². The zero-order valence-corrected chi connectivity index (χ0v) is 15.3. The van der Waals surface area contributed by atoms with Gasteiger partial charge in [0.1, 0.15) is 5.75 Å². The summed E-state index contributed by atoms with van der Waals surface area (Å²) in [5.74, 6) is 0.865. The van der Waals surface area contributed by atoms with Gasteiger partial charge < -0.3 is 10.1 Å². The average molecular weight is 364 g/mol. The highest BCUT2D eigenvalue weighted by molar-refractivity contribution is 7.80. The highest BCUT2D eigenvalue weighted by Gasteiger charge is 1.98. The van der Waals surface area contributed by atoms with Crippen LogP contribution in [0.2, 0.25) is 0 Å². The second kappa shape index (κ2) is 8.92. The van der Waals surface area contributed by atoms with E-state index in [1.165, 1.54) is 0 Å². The molecule has 0 aliphatic carbocycles. The van der Waals surface area contributed by atoms with Crippen molar-refractivity contribution >= 4 is 34.4 Å². The second-order valence-electron chi connectivity index (χ2n) is 5.56. The minimum absolute atomic E-state index is 0.455. The van der Waals surface area contributed by atoms with Gasteiger partial charge in [0, 0.05) is 11.9 Å². The molecule has 0 amide bonds. The molecule has 0 saturated heterocycles. The SMILES string of the molecule is CCOc1ccc(CNC(=S)N/N=C/c2ccc3ccccc3n2)cc1. The molecule has 26 heavy (non-hydrogen) atoms. The Morgan fingerprint density at radius 1 is 1.12 bits per heavy atom. The van der Waals surface area contributed by atoms with Gasteiger partial charge in [-0.3, -0.25) is 5.43 Å². The highest BCUT2D eigenvalue weighted by atomic mass is 32.1. The number of thiocarbonyl (C=S) groups is 1. The number of hydrogen-bond donors (Lipinski definition) is 2. The van der Waals surface area contributed by atoms with E-state index in [1.807, 2.05) is 67.6 Å². The van der Waals surface area contributed by atoms with Crippen LogP contribution in [0, 0.1) is 0 Å². The van der Waals surface area contributed by atoms with Crippen molar-refractivity contribution in [1.82, 2.24) is 15.7 Å². The summed E-state index contributed by atoms with van der Waals surface area (Å²) in [5.41, 5.74) is 5.62. The number of hydrogen-bond acceptors (Lipinski definition) is 4. The summed E-state index contributed by atoms with van der Waals surface area (Å²) in [6.45, 7) is 3.24. The van der Waals surface area contributed by atoms with E-state index in [0.717, 1.165) is 27.9 Å². The summed E-state index contributed by atoms with van der Waals surface area (Å²) in [6, 6.07) is 19.8. The summed E-state index contributed by atoms with van der Waals surface area (Å²) in [4.78, 5) is 4.52. The van der Waals surface area contributed by atoms with Gasteiger partial charge in [-0.15, -0.1) is 0 Å². The Kier molecular flexibility index (Phi) is 6.11. The van der Waals surface area contributed by atoms with Crippen molar-refractivity contribution in [2.24, 2.45) is 5.10 Å². The molecular formula is C20H20N4OS. The van der Waals surface area contributed by atoms with Crippen molar-refractivity contribution in [3.8, 4) is 5.75 Å². The number of ether oxygens (including phenoxy) is 1. The fourth-order valence-corrected chi connectivity index (χ4v) is 2.53. The van der Waals surface area contributed by atoms with Crippen LogP contribution in [0.4, 0.5) is 0 Å². The lowest BCUT2D eigenvalue weighted by molar-refractivity contribution is 0.340. The third-order valence-corrected chi connectivity index (χ3v) is 3.91. The number of fused-ring (bicyclic) bond motifs is 1. The van der Waals surface area contributed by atoms with Crippen molar-refractivity contribution < 1.29 is 4.74 Å². The number of nitrogens with one attached hydrogen (secondary N) is 2. The standard InChI is InChI=1S/C20H20N4OS/c1-2-25-18-11-7-15(8-12-18)13-21-20(26)24-22-14-17-10-9-16-5-3-4-6-19(16)23-17/h3-12,14H,2,13H2,1H3,(H2,21,24,26)/b22-14+. The Hall–Kier alpha value is -2.99. The third kappa shape index (κ3) is 5.00. The monoisotopic (exact) mass is 364 g/mol. The number of aromatic nitrogens is 1. The number of pyridine rings is 1. The molecule has 6 heteroatoms. The first kappa shape index (κ1) is 17.8. The van der Waals surface area contributed by atoms with Gasteiger partial charge in [0.05, 0.1) is 24.0 Å². The summed E-state index contributed by atoms with van der Waals surface area (Å²) in [5, 5.41) is 8.81. The first-order valence-corrected chi connectivity index (χ1v) is 8.80.